The average molecular weight is 222 g/mol. The number of anilines is 1. The lowest BCUT2D eigenvalue weighted by atomic mass is 10.2. The first-order chi connectivity index (χ1) is 7.50. The fourth-order valence-corrected chi connectivity index (χ4v) is 1.17. The van der Waals surface area contributed by atoms with Crippen molar-refractivity contribution in [2.24, 2.45) is 5.73 Å². The lowest BCUT2D eigenvalue weighted by molar-refractivity contribution is 0.0822. The van der Waals surface area contributed by atoms with Gasteiger partial charge in [0.2, 0.25) is 0 Å². The highest BCUT2D eigenvalue weighted by Gasteiger charge is 2.09. The highest BCUT2D eigenvalue weighted by Crippen LogP contribution is 2.08. The Labute approximate surface area is 95.7 Å². The molecule has 0 aromatic carbocycles. The number of hydrogen-bond acceptors (Lipinski definition) is 4. The van der Waals surface area contributed by atoms with Crippen LogP contribution in [-0.2, 0) is 0 Å². The summed E-state index contributed by atoms with van der Waals surface area (Å²) in [5.41, 5.74) is 6.92. The normalized spacial score (nSPS) is 12.0. The smallest absolute Gasteiger partial charge is 0.272 e. The Balaban J connectivity index is 2.75. The molecule has 0 bridgehead atoms. The molecule has 1 aromatic heterocycles. The molecule has 0 aliphatic rings. The summed E-state index contributed by atoms with van der Waals surface area (Å²) in [6, 6.07) is 3.61. The predicted octanol–water partition coefficient (Wildman–Crippen LogP) is 0.542. The Morgan fingerprint density at radius 1 is 1.62 bits per heavy atom. The van der Waals surface area contributed by atoms with E-state index in [1.807, 2.05) is 13.0 Å². The third kappa shape index (κ3) is 3.51. The van der Waals surface area contributed by atoms with Crippen LogP contribution >= 0.6 is 0 Å². The van der Waals surface area contributed by atoms with Gasteiger partial charge in [-0.05, 0) is 19.1 Å². The standard InChI is InChI=1S/C11H18N4O/c1-8(12)7-14-9-4-5-13-10(6-9)11(16)15(2)3/h4-6,8H,7,12H2,1-3H3,(H,13,14). The Morgan fingerprint density at radius 2 is 2.31 bits per heavy atom. The molecule has 5 heteroatoms. The van der Waals surface area contributed by atoms with Gasteiger partial charge in [-0.15, -0.1) is 0 Å². The SMILES string of the molecule is CC(N)CNc1ccnc(C(=O)N(C)C)c1. The van der Waals surface area contributed by atoms with Crippen LogP contribution in [0.25, 0.3) is 0 Å². The van der Waals surface area contributed by atoms with Crippen LogP contribution in [-0.4, -0.2) is 42.5 Å². The number of nitrogens with zero attached hydrogens (tertiary/aromatic N) is 2. The molecule has 16 heavy (non-hydrogen) atoms. The molecule has 0 saturated carbocycles. The van der Waals surface area contributed by atoms with Crippen molar-refractivity contribution in [1.82, 2.24) is 9.88 Å². The second-order valence-corrected chi connectivity index (χ2v) is 3.99. The van der Waals surface area contributed by atoms with Gasteiger partial charge in [-0.25, -0.2) is 0 Å². The van der Waals surface area contributed by atoms with Crippen molar-refractivity contribution in [2.75, 3.05) is 26.0 Å². The maximum absolute atomic E-state index is 11.6. The van der Waals surface area contributed by atoms with E-state index in [2.05, 4.69) is 10.3 Å². The van der Waals surface area contributed by atoms with Gasteiger partial charge >= 0.3 is 0 Å². The molecule has 0 spiro atoms. The van der Waals surface area contributed by atoms with Gasteiger partial charge in [-0.1, -0.05) is 0 Å². The van der Waals surface area contributed by atoms with E-state index in [-0.39, 0.29) is 11.9 Å². The minimum absolute atomic E-state index is 0.0705. The van der Waals surface area contributed by atoms with E-state index in [9.17, 15) is 4.79 Å². The van der Waals surface area contributed by atoms with Gasteiger partial charge in [0, 0.05) is 38.6 Å². The van der Waals surface area contributed by atoms with Crippen molar-refractivity contribution in [3.63, 3.8) is 0 Å². The van der Waals surface area contributed by atoms with Crippen LogP contribution < -0.4 is 11.1 Å². The molecule has 3 N–H and O–H groups in total. The lowest BCUT2D eigenvalue weighted by Gasteiger charge is -2.12. The van der Waals surface area contributed by atoms with Crippen molar-refractivity contribution < 1.29 is 4.79 Å². The highest BCUT2D eigenvalue weighted by atomic mass is 16.2. The van der Waals surface area contributed by atoms with Crippen molar-refractivity contribution in [2.45, 2.75) is 13.0 Å². The van der Waals surface area contributed by atoms with Gasteiger partial charge in [0.05, 0.1) is 0 Å². The first-order valence-electron chi connectivity index (χ1n) is 5.18. The largest absolute Gasteiger partial charge is 0.383 e. The minimum Gasteiger partial charge on any atom is -0.383 e. The number of amides is 1. The number of aromatic nitrogens is 1. The molecule has 1 aromatic rings. The first-order valence-corrected chi connectivity index (χ1v) is 5.18. The average Bonchev–Trinajstić information content (AvgIpc) is 2.25. The van der Waals surface area contributed by atoms with Crippen LogP contribution in [0.1, 0.15) is 17.4 Å². The maximum Gasteiger partial charge on any atom is 0.272 e. The van der Waals surface area contributed by atoms with Crippen LogP contribution in [0.3, 0.4) is 0 Å². The van der Waals surface area contributed by atoms with E-state index in [1.54, 1.807) is 26.4 Å². The molecule has 1 unspecified atom stereocenters. The maximum atomic E-state index is 11.6. The van der Waals surface area contributed by atoms with E-state index in [0.29, 0.717) is 12.2 Å². The molecule has 1 amide bonds. The summed E-state index contributed by atoms with van der Waals surface area (Å²) >= 11 is 0. The lowest BCUT2D eigenvalue weighted by Crippen LogP contribution is -2.26. The molecule has 0 aliphatic heterocycles. The zero-order chi connectivity index (χ0) is 12.1. The van der Waals surface area contributed by atoms with E-state index in [0.717, 1.165) is 5.69 Å². The van der Waals surface area contributed by atoms with Crippen LogP contribution in [0.2, 0.25) is 0 Å². The number of rotatable bonds is 4. The number of pyridine rings is 1. The number of carbonyl (C=O) groups is 1. The van der Waals surface area contributed by atoms with E-state index < -0.39 is 0 Å². The van der Waals surface area contributed by atoms with Gasteiger partial charge in [0.15, 0.2) is 0 Å². The van der Waals surface area contributed by atoms with Crippen LogP contribution in [0.5, 0.6) is 0 Å². The van der Waals surface area contributed by atoms with Gasteiger partial charge in [0.1, 0.15) is 5.69 Å². The number of nitrogens with two attached hydrogens (primary N) is 1. The second kappa shape index (κ2) is 5.46. The third-order valence-corrected chi connectivity index (χ3v) is 2.01. The minimum atomic E-state index is -0.107. The van der Waals surface area contributed by atoms with E-state index in [1.165, 1.54) is 4.90 Å². The fourth-order valence-electron chi connectivity index (χ4n) is 1.17. The van der Waals surface area contributed by atoms with Gasteiger partial charge in [-0.2, -0.15) is 0 Å². The van der Waals surface area contributed by atoms with Crippen LogP contribution in [0, 0.1) is 0 Å². The Bertz CT molecular complexity index is 363. The molecule has 0 aliphatic carbocycles. The predicted molar refractivity (Wildman–Crippen MR) is 64.4 cm³/mol. The molecular weight excluding hydrogens is 204 g/mol. The number of nitrogens with one attached hydrogen (secondary N) is 1. The molecule has 0 radical (unpaired) electrons. The summed E-state index contributed by atoms with van der Waals surface area (Å²) in [6.07, 6.45) is 1.61. The molecule has 1 heterocycles. The molecule has 0 saturated heterocycles. The van der Waals surface area contributed by atoms with Crippen molar-refractivity contribution in [3.8, 4) is 0 Å². The fraction of sp³-hybridized carbons (Fsp3) is 0.455. The van der Waals surface area contributed by atoms with Gasteiger partial charge in [-0.3, -0.25) is 9.78 Å². The number of carbonyl (C=O) groups excluding carboxylic acids is 1. The summed E-state index contributed by atoms with van der Waals surface area (Å²) in [5.74, 6) is -0.107. The van der Waals surface area contributed by atoms with E-state index in [4.69, 9.17) is 5.73 Å². The molecule has 88 valence electrons. The summed E-state index contributed by atoms with van der Waals surface area (Å²) < 4.78 is 0. The monoisotopic (exact) mass is 222 g/mol. The van der Waals surface area contributed by atoms with Crippen molar-refractivity contribution in [3.05, 3.63) is 24.0 Å². The van der Waals surface area contributed by atoms with Gasteiger partial charge in [0.25, 0.3) is 5.91 Å². The third-order valence-electron chi connectivity index (χ3n) is 2.01. The number of hydrogen-bond donors (Lipinski definition) is 2. The van der Waals surface area contributed by atoms with Crippen LogP contribution in [0.15, 0.2) is 18.3 Å². The zero-order valence-electron chi connectivity index (χ0n) is 9.90. The summed E-state index contributed by atoms with van der Waals surface area (Å²) in [4.78, 5) is 17.2. The molecule has 0 fully saturated rings. The Hall–Kier alpha value is -1.62. The molecule has 1 rings (SSSR count). The van der Waals surface area contributed by atoms with Crippen LogP contribution in [0.4, 0.5) is 5.69 Å². The Morgan fingerprint density at radius 3 is 2.88 bits per heavy atom. The zero-order valence-corrected chi connectivity index (χ0v) is 9.90. The quantitative estimate of drug-likeness (QED) is 0.780. The second-order valence-electron chi connectivity index (χ2n) is 3.99. The van der Waals surface area contributed by atoms with E-state index >= 15 is 0 Å². The van der Waals surface area contributed by atoms with Crippen molar-refractivity contribution >= 4 is 11.6 Å². The Kier molecular flexibility index (Phi) is 4.25. The van der Waals surface area contributed by atoms with Crippen molar-refractivity contribution in [1.29, 1.82) is 0 Å². The topological polar surface area (TPSA) is 71.2 Å². The highest BCUT2D eigenvalue weighted by molar-refractivity contribution is 5.92. The molecule has 5 nitrogen and oxygen atoms in total. The first kappa shape index (κ1) is 12.4. The molecular formula is C11H18N4O. The summed E-state index contributed by atoms with van der Waals surface area (Å²) in [7, 11) is 3.40. The summed E-state index contributed by atoms with van der Waals surface area (Å²) in [6.45, 7) is 2.58. The van der Waals surface area contributed by atoms with Gasteiger partial charge < -0.3 is 16.0 Å². The summed E-state index contributed by atoms with van der Waals surface area (Å²) in [5, 5.41) is 3.14. The molecule has 1 atom stereocenters.